The summed E-state index contributed by atoms with van der Waals surface area (Å²) >= 11 is 1.62. The smallest absolute Gasteiger partial charge is 0.244 e. The summed E-state index contributed by atoms with van der Waals surface area (Å²) in [6.45, 7) is 4.49. The van der Waals surface area contributed by atoms with Crippen LogP contribution < -0.4 is 15.4 Å². The highest BCUT2D eigenvalue weighted by molar-refractivity contribution is 8.02. The number of carbonyl (C=O) groups excluding carboxylic acids is 3. The van der Waals surface area contributed by atoms with Crippen LogP contribution in [-0.4, -0.2) is 63.0 Å². The van der Waals surface area contributed by atoms with Crippen LogP contribution in [0.25, 0.3) is 0 Å². The third-order valence-electron chi connectivity index (χ3n) is 8.11. The molecule has 2 unspecified atom stereocenters. The number of anilines is 1. The molecule has 3 saturated heterocycles. The summed E-state index contributed by atoms with van der Waals surface area (Å²) in [6.07, 6.45) is 1.97. The molecule has 202 valence electrons. The number of fused-ring (bicyclic) bond motifs is 1. The Kier molecular flexibility index (Phi) is 7.68. The molecular weight excluding hydrogens is 502 g/mol. The van der Waals surface area contributed by atoms with Crippen molar-refractivity contribution < 1.29 is 24.2 Å². The van der Waals surface area contributed by atoms with Crippen molar-refractivity contribution in [3.63, 3.8) is 0 Å². The number of aliphatic hydroxyl groups is 1. The zero-order chi connectivity index (χ0) is 26.9. The third-order valence-corrected chi connectivity index (χ3v) is 10.1. The number of rotatable bonds is 10. The van der Waals surface area contributed by atoms with Gasteiger partial charge in [0.05, 0.1) is 35.8 Å². The van der Waals surface area contributed by atoms with Crippen LogP contribution in [0, 0.1) is 11.8 Å². The number of aliphatic hydroxyl groups excluding tert-OH is 1. The molecule has 5 rings (SSSR count). The number of hydrogen-bond acceptors (Lipinski definition) is 6. The lowest BCUT2D eigenvalue weighted by Gasteiger charge is -2.36. The number of likely N-dealkylation sites (tertiary alicyclic amines) is 1. The fraction of sp³-hybridized carbons (Fsp3) is 0.483. The van der Waals surface area contributed by atoms with E-state index in [0.29, 0.717) is 31.7 Å². The summed E-state index contributed by atoms with van der Waals surface area (Å²) in [4.78, 5) is 43.0. The van der Waals surface area contributed by atoms with E-state index < -0.39 is 28.7 Å². The fourth-order valence-electron chi connectivity index (χ4n) is 6.41. The van der Waals surface area contributed by atoms with Gasteiger partial charge < -0.3 is 25.4 Å². The SMILES string of the molecule is CCOc1ccc(NC(=O)[C@@H]2[C@H]3C(=O)N([C@@H](CC)CO)C(C(=O)NCc4ccccc4)C34CC[C@H]2S4)cc1. The first-order valence-electron chi connectivity index (χ1n) is 13.4. The second-order valence-electron chi connectivity index (χ2n) is 10.2. The van der Waals surface area contributed by atoms with E-state index in [9.17, 15) is 19.5 Å². The van der Waals surface area contributed by atoms with Gasteiger partial charge in [-0.2, -0.15) is 0 Å². The number of benzene rings is 2. The van der Waals surface area contributed by atoms with Gasteiger partial charge in [-0.25, -0.2) is 0 Å². The number of thioether (sulfide) groups is 1. The Balaban J connectivity index is 1.41. The molecule has 8 nitrogen and oxygen atoms in total. The minimum atomic E-state index is -0.737. The van der Waals surface area contributed by atoms with Crippen molar-refractivity contribution in [1.82, 2.24) is 10.2 Å². The summed E-state index contributed by atoms with van der Waals surface area (Å²) in [5.41, 5.74) is 1.61. The summed E-state index contributed by atoms with van der Waals surface area (Å²) in [5, 5.41) is 16.2. The van der Waals surface area contributed by atoms with Crippen molar-refractivity contribution in [2.75, 3.05) is 18.5 Å². The number of carbonyl (C=O) groups is 3. The van der Waals surface area contributed by atoms with Gasteiger partial charge in [0.25, 0.3) is 0 Å². The molecule has 3 amide bonds. The Hall–Kier alpha value is -3.04. The van der Waals surface area contributed by atoms with Crippen LogP contribution in [0.3, 0.4) is 0 Å². The van der Waals surface area contributed by atoms with Crippen LogP contribution in [0.4, 0.5) is 5.69 Å². The lowest BCUT2D eigenvalue weighted by Crippen LogP contribution is -2.56. The number of nitrogens with one attached hydrogen (secondary N) is 2. The van der Waals surface area contributed by atoms with E-state index in [0.717, 1.165) is 17.7 Å². The normalized spacial score (nSPS) is 28.2. The van der Waals surface area contributed by atoms with Crippen molar-refractivity contribution in [1.29, 1.82) is 0 Å². The van der Waals surface area contributed by atoms with Gasteiger partial charge in [0.15, 0.2) is 0 Å². The van der Waals surface area contributed by atoms with Gasteiger partial charge in [0.1, 0.15) is 11.8 Å². The Morgan fingerprint density at radius 3 is 2.53 bits per heavy atom. The standard InChI is InChI=1S/C29H35N3O5S/c1-3-20(17-33)32-25(27(35)30-16-18-8-6-5-7-9-18)29-15-14-22(38-29)23(24(29)28(32)36)26(34)31-19-10-12-21(13-11-19)37-4-2/h5-13,20,22-25,33H,3-4,14-17H2,1-2H3,(H,30,35)(H,31,34)/t20-,22+,23-,24-,25?,29?/m0/s1. The third kappa shape index (κ3) is 4.56. The molecule has 2 aromatic rings. The van der Waals surface area contributed by atoms with Crippen molar-refractivity contribution >= 4 is 35.2 Å². The largest absolute Gasteiger partial charge is 0.494 e. The fourth-order valence-corrected chi connectivity index (χ4v) is 8.61. The van der Waals surface area contributed by atoms with E-state index in [2.05, 4.69) is 10.6 Å². The monoisotopic (exact) mass is 537 g/mol. The predicted octanol–water partition coefficient (Wildman–Crippen LogP) is 3.20. The van der Waals surface area contributed by atoms with Crippen LogP contribution in [0.1, 0.15) is 38.7 Å². The van der Waals surface area contributed by atoms with Crippen LogP contribution in [0.5, 0.6) is 5.75 Å². The van der Waals surface area contributed by atoms with Gasteiger partial charge in [-0.05, 0) is 56.0 Å². The minimum Gasteiger partial charge on any atom is -0.494 e. The van der Waals surface area contributed by atoms with Gasteiger partial charge >= 0.3 is 0 Å². The predicted molar refractivity (Wildman–Crippen MR) is 147 cm³/mol. The molecule has 3 fully saturated rings. The van der Waals surface area contributed by atoms with E-state index in [1.807, 2.05) is 44.2 Å². The molecule has 3 aliphatic heterocycles. The van der Waals surface area contributed by atoms with Crippen LogP contribution >= 0.6 is 11.8 Å². The number of nitrogens with zero attached hydrogens (tertiary/aromatic N) is 1. The first-order valence-corrected chi connectivity index (χ1v) is 14.3. The van der Waals surface area contributed by atoms with E-state index in [-0.39, 0.29) is 29.6 Å². The van der Waals surface area contributed by atoms with Crippen molar-refractivity contribution in [3.05, 3.63) is 60.2 Å². The zero-order valence-electron chi connectivity index (χ0n) is 21.8. The number of amides is 3. The molecular formula is C29H35N3O5S. The van der Waals surface area contributed by atoms with Gasteiger partial charge in [0.2, 0.25) is 17.7 Å². The van der Waals surface area contributed by atoms with E-state index in [1.165, 1.54) is 0 Å². The molecule has 2 bridgehead atoms. The molecule has 0 radical (unpaired) electrons. The molecule has 3 heterocycles. The molecule has 38 heavy (non-hydrogen) atoms. The second-order valence-corrected chi connectivity index (χ2v) is 11.8. The van der Waals surface area contributed by atoms with E-state index in [1.54, 1.807) is 40.9 Å². The maximum atomic E-state index is 14.0. The quantitative estimate of drug-likeness (QED) is 0.430. The van der Waals surface area contributed by atoms with Crippen LogP contribution in [-0.2, 0) is 20.9 Å². The van der Waals surface area contributed by atoms with E-state index >= 15 is 0 Å². The summed E-state index contributed by atoms with van der Waals surface area (Å²) in [5.74, 6) is -1.06. The molecule has 0 saturated carbocycles. The summed E-state index contributed by atoms with van der Waals surface area (Å²) in [6, 6.07) is 15.6. The molecule has 0 aromatic heterocycles. The van der Waals surface area contributed by atoms with Gasteiger partial charge in [-0.1, -0.05) is 37.3 Å². The highest BCUT2D eigenvalue weighted by atomic mass is 32.2. The van der Waals surface area contributed by atoms with Gasteiger partial charge in [0, 0.05) is 17.5 Å². The van der Waals surface area contributed by atoms with Crippen LogP contribution in [0.15, 0.2) is 54.6 Å². The first kappa shape index (κ1) is 26.6. The maximum absolute atomic E-state index is 14.0. The Morgan fingerprint density at radius 2 is 1.87 bits per heavy atom. The average molecular weight is 538 g/mol. The topological polar surface area (TPSA) is 108 Å². The Labute approximate surface area is 227 Å². The number of hydrogen-bond donors (Lipinski definition) is 3. The average Bonchev–Trinajstić information content (AvgIpc) is 3.58. The van der Waals surface area contributed by atoms with Crippen LogP contribution in [0.2, 0.25) is 0 Å². The molecule has 0 aliphatic carbocycles. The lowest BCUT2D eigenvalue weighted by molar-refractivity contribution is -0.142. The lowest BCUT2D eigenvalue weighted by atomic mass is 9.70. The van der Waals surface area contributed by atoms with Crippen molar-refractivity contribution in [3.8, 4) is 5.75 Å². The molecule has 6 atom stereocenters. The summed E-state index contributed by atoms with van der Waals surface area (Å²) < 4.78 is 4.80. The highest BCUT2D eigenvalue weighted by Gasteiger charge is 2.74. The van der Waals surface area contributed by atoms with Crippen molar-refractivity contribution in [2.45, 2.75) is 61.7 Å². The zero-order valence-corrected chi connectivity index (χ0v) is 22.6. The molecule has 9 heteroatoms. The molecule has 2 aromatic carbocycles. The Morgan fingerprint density at radius 1 is 1.13 bits per heavy atom. The van der Waals surface area contributed by atoms with Crippen molar-refractivity contribution in [2.24, 2.45) is 11.8 Å². The summed E-state index contributed by atoms with van der Waals surface area (Å²) in [7, 11) is 0. The number of ether oxygens (including phenoxy) is 1. The van der Waals surface area contributed by atoms with E-state index in [4.69, 9.17) is 4.74 Å². The molecule has 3 N–H and O–H groups in total. The first-order chi connectivity index (χ1) is 18.4. The second kappa shape index (κ2) is 11.0. The molecule has 3 aliphatic rings. The minimum absolute atomic E-state index is 0.0348. The Bertz CT molecular complexity index is 1170. The maximum Gasteiger partial charge on any atom is 0.244 e. The molecule has 1 spiro atoms. The highest BCUT2D eigenvalue weighted by Crippen LogP contribution is 2.66. The van der Waals surface area contributed by atoms with Gasteiger partial charge in [-0.15, -0.1) is 11.8 Å². The van der Waals surface area contributed by atoms with Gasteiger partial charge in [-0.3, -0.25) is 14.4 Å².